The van der Waals surface area contributed by atoms with Crippen molar-refractivity contribution in [2.75, 3.05) is 0 Å². The summed E-state index contributed by atoms with van der Waals surface area (Å²) < 4.78 is 37.6. The van der Waals surface area contributed by atoms with Gasteiger partial charge < -0.3 is 0 Å². The van der Waals surface area contributed by atoms with E-state index in [4.69, 9.17) is 11.6 Å². The predicted octanol–water partition coefficient (Wildman–Crippen LogP) is 4.27. The first-order chi connectivity index (χ1) is 6.91. The van der Waals surface area contributed by atoms with Crippen LogP contribution >= 0.6 is 11.6 Å². The van der Waals surface area contributed by atoms with Crippen LogP contribution in [0.1, 0.15) is 24.5 Å². The molecule has 0 aliphatic carbocycles. The summed E-state index contributed by atoms with van der Waals surface area (Å²) in [6.45, 7) is 1.78. The Morgan fingerprint density at radius 3 is 2.40 bits per heavy atom. The van der Waals surface area contributed by atoms with E-state index in [1.165, 1.54) is 12.1 Å². The van der Waals surface area contributed by atoms with Gasteiger partial charge in [-0.1, -0.05) is 18.2 Å². The lowest BCUT2D eigenvalue weighted by Gasteiger charge is -2.12. The Morgan fingerprint density at radius 1 is 1.27 bits per heavy atom. The molecular weight excluding hydrogens is 225 g/mol. The average Bonchev–Trinajstić information content (AvgIpc) is 2.13. The van der Waals surface area contributed by atoms with Crippen LogP contribution in [-0.2, 0) is 12.6 Å². The Bertz CT molecular complexity index is 318. The van der Waals surface area contributed by atoms with E-state index < -0.39 is 11.7 Å². The third kappa shape index (κ3) is 3.74. The number of hydrogen-bond donors (Lipinski definition) is 0. The molecule has 0 spiro atoms. The summed E-state index contributed by atoms with van der Waals surface area (Å²) in [6, 6.07) is 5.62. The molecule has 84 valence electrons. The smallest absolute Gasteiger partial charge is 0.166 e. The molecule has 1 aromatic rings. The molecule has 0 fully saturated rings. The average molecular weight is 237 g/mol. The summed E-state index contributed by atoms with van der Waals surface area (Å²) in [5.74, 6) is 0. The van der Waals surface area contributed by atoms with Crippen LogP contribution in [-0.4, -0.2) is 5.38 Å². The van der Waals surface area contributed by atoms with E-state index >= 15 is 0 Å². The topological polar surface area (TPSA) is 0 Å². The van der Waals surface area contributed by atoms with E-state index in [0.717, 1.165) is 6.07 Å². The summed E-state index contributed by atoms with van der Waals surface area (Å²) >= 11 is 5.71. The number of alkyl halides is 4. The molecule has 1 atom stereocenters. The van der Waals surface area contributed by atoms with Crippen molar-refractivity contribution in [1.29, 1.82) is 0 Å². The van der Waals surface area contributed by atoms with E-state index in [0.29, 0.717) is 18.4 Å². The molecule has 0 nitrogen and oxygen atoms in total. The van der Waals surface area contributed by atoms with Crippen LogP contribution < -0.4 is 0 Å². The molecule has 0 amide bonds. The van der Waals surface area contributed by atoms with Crippen LogP contribution in [0.4, 0.5) is 13.2 Å². The van der Waals surface area contributed by atoms with Crippen molar-refractivity contribution in [3.05, 3.63) is 35.4 Å². The van der Waals surface area contributed by atoms with Crippen LogP contribution in [0.15, 0.2) is 24.3 Å². The monoisotopic (exact) mass is 236 g/mol. The van der Waals surface area contributed by atoms with Crippen molar-refractivity contribution in [3.8, 4) is 0 Å². The van der Waals surface area contributed by atoms with Crippen molar-refractivity contribution in [3.63, 3.8) is 0 Å². The van der Waals surface area contributed by atoms with Gasteiger partial charge in [0.05, 0.1) is 5.56 Å². The Morgan fingerprint density at radius 2 is 1.87 bits per heavy atom. The van der Waals surface area contributed by atoms with Gasteiger partial charge in [-0.3, -0.25) is 0 Å². The van der Waals surface area contributed by atoms with Gasteiger partial charge in [-0.2, -0.15) is 13.2 Å². The molecule has 0 aromatic heterocycles. The fraction of sp³-hybridized carbons (Fsp3) is 0.455. The van der Waals surface area contributed by atoms with E-state index in [9.17, 15) is 13.2 Å². The summed E-state index contributed by atoms with van der Waals surface area (Å²) in [5, 5.41) is -0.105. The highest BCUT2D eigenvalue weighted by molar-refractivity contribution is 6.20. The van der Waals surface area contributed by atoms with E-state index in [1.54, 1.807) is 13.0 Å². The highest BCUT2D eigenvalue weighted by Gasteiger charge is 2.32. The molecule has 1 unspecified atom stereocenters. The second-order valence-corrected chi connectivity index (χ2v) is 4.22. The summed E-state index contributed by atoms with van der Waals surface area (Å²) in [7, 11) is 0. The van der Waals surface area contributed by atoms with Crippen LogP contribution in [0.5, 0.6) is 0 Å². The van der Waals surface area contributed by atoms with E-state index in [2.05, 4.69) is 0 Å². The second kappa shape index (κ2) is 4.88. The van der Waals surface area contributed by atoms with Gasteiger partial charge in [0, 0.05) is 5.38 Å². The fourth-order valence-corrected chi connectivity index (χ4v) is 1.48. The second-order valence-electron chi connectivity index (χ2n) is 3.47. The van der Waals surface area contributed by atoms with E-state index in [-0.39, 0.29) is 5.38 Å². The Kier molecular flexibility index (Phi) is 4.03. The van der Waals surface area contributed by atoms with Crippen molar-refractivity contribution < 1.29 is 13.2 Å². The molecule has 0 radical (unpaired) electrons. The number of aryl methyl sites for hydroxylation is 1. The maximum absolute atomic E-state index is 12.5. The van der Waals surface area contributed by atoms with Crippen molar-refractivity contribution >= 4 is 11.6 Å². The molecular formula is C11H12ClF3. The molecule has 0 heterocycles. The molecule has 0 bridgehead atoms. The lowest BCUT2D eigenvalue weighted by Crippen LogP contribution is -2.09. The molecule has 4 heteroatoms. The molecule has 0 aliphatic heterocycles. The molecule has 0 aliphatic rings. The maximum Gasteiger partial charge on any atom is 0.416 e. The summed E-state index contributed by atoms with van der Waals surface area (Å²) in [4.78, 5) is 0. The number of rotatable bonds is 3. The molecule has 1 rings (SSSR count). The van der Waals surface area contributed by atoms with Gasteiger partial charge in [0.2, 0.25) is 0 Å². The van der Waals surface area contributed by atoms with Gasteiger partial charge in [-0.25, -0.2) is 0 Å². The molecule has 0 saturated heterocycles. The maximum atomic E-state index is 12.5. The largest absolute Gasteiger partial charge is 0.416 e. The lowest BCUT2D eigenvalue weighted by molar-refractivity contribution is -0.138. The van der Waals surface area contributed by atoms with Gasteiger partial charge >= 0.3 is 6.18 Å². The van der Waals surface area contributed by atoms with Crippen molar-refractivity contribution in [1.82, 2.24) is 0 Å². The number of benzene rings is 1. The highest BCUT2D eigenvalue weighted by Crippen LogP contribution is 2.32. The molecule has 15 heavy (non-hydrogen) atoms. The highest BCUT2D eigenvalue weighted by atomic mass is 35.5. The summed E-state index contributed by atoms with van der Waals surface area (Å²) in [5.41, 5.74) is -0.236. The van der Waals surface area contributed by atoms with Crippen molar-refractivity contribution in [2.45, 2.75) is 31.3 Å². The SMILES string of the molecule is CC(Cl)CCc1ccccc1C(F)(F)F. The summed E-state index contributed by atoms with van der Waals surface area (Å²) in [6.07, 6.45) is -3.36. The van der Waals surface area contributed by atoms with Gasteiger partial charge in [0.25, 0.3) is 0 Å². The standard InChI is InChI=1S/C11H12ClF3/c1-8(12)6-7-9-4-2-3-5-10(9)11(13,14)15/h2-5,8H,6-7H2,1H3. The van der Waals surface area contributed by atoms with E-state index in [1.807, 2.05) is 0 Å². The Hall–Kier alpha value is -0.700. The van der Waals surface area contributed by atoms with Crippen LogP contribution in [0.3, 0.4) is 0 Å². The minimum absolute atomic E-state index is 0.105. The minimum Gasteiger partial charge on any atom is -0.166 e. The van der Waals surface area contributed by atoms with Gasteiger partial charge in [-0.05, 0) is 31.4 Å². The first-order valence-electron chi connectivity index (χ1n) is 4.70. The third-order valence-electron chi connectivity index (χ3n) is 2.13. The van der Waals surface area contributed by atoms with Gasteiger partial charge in [0.15, 0.2) is 0 Å². The molecule has 0 N–H and O–H groups in total. The van der Waals surface area contributed by atoms with Gasteiger partial charge in [-0.15, -0.1) is 11.6 Å². The third-order valence-corrected chi connectivity index (χ3v) is 2.35. The van der Waals surface area contributed by atoms with Crippen molar-refractivity contribution in [2.24, 2.45) is 0 Å². The normalized spacial score (nSPS) is 13.9. The van der Waals surface area contributed by atoms with Gasteiger partial charge in [0.1, 0.15) is 0 Å². The fourth-order valence-electron chi connectivity index (χ4n) is 1.37. The zero-order valence-electron chi connectivity index (χ0n) is 8.31. The first-order valence-corrected chi connectivity index (χ1v) is 5.14. The zero-order chi connectivity index (χ0) is 11.5. The molecule has 1 aromatic carbocycles. The Labute approximate surface area is 92.1 Å². The number of hydrogen-bond acceptors (Lipinski definition) is 0. The minimum atomic E-state index is -4.27. The molecule has 0 saturated carbocycles. The lowest BCUT2D eigenvalue weighted by atomic mass is 10.0. The van der Waals surface area contributed by atoms with Crippen LogP contribution in [0.2, 0.25) is 0 Å². The zero-order valence-corrected chi connectivity index (χ0v) is 9.07. The quantitative estimate of drug-likeness (QED) is 0.688. The van der Waals surface area contributed by atoms with Crippen LogP contribution in [0.25, 0.3) is 0 Å². The number of halogens is 4. The Balaban J connectivity index is 2.87. The first kappa shape index (κ1) is 12.4. The van der Waals surface area contributed by atoms with Crippen LogP contribution in [0, 0.1) is 0 Å². The predicted molar refractivity (Wildman–Crippen MR) is 55.1 cm³/mol.